The molecule has 1 atom stereocenters. The molecule has 1 aromatic carbocycles. The minimum absolute atomic E-state index is 0.00575. The molecule has 0 aliphatic carbocycles. The Morgan fingerprint density at radius 1 is 1.24 bits per heavy atom. The van der Waals surface area contributed by atoms with Crippen LogP contribution in [0.1, 0.15) is 33.3 Å². The van der Waals surface area contributed by atoms with Crippen molar-refractivity contribution in [1.29, 1.82) is 0 Å². The van der Waals surface area contributed by atoms with Crippen LogP contribution in [0.2, 0.25) is 0 Å². The van der Waals surface area contributed by atoms with E-state index in [1.54, 1.807) is 12.1 Å². The largest absolute Gasteiger partial charge is 0.433 e. The molecule has 3 rings (SSSR count). The number of carbonyl (C=O) groups is 1. The van der Waals surface area contributed by atoms with Crippen LogP contribution in [0.5, 0.6) is 0 Å². The highest BCUT2D eigenvalue weighted by molar-refractivity contribution is 5.97. The number of aromatic nitrogens is 1. The second-order valence-electron chi connectivity index (χ2n) is 5.83. The van der Waals surface area contributed by atoms with Crippen molar-refractivity contribution in [2.45, 2.75) is 18.7 Å². The van der Waals surface area contributed by atoms with Crippen LogP contribution in [0.4, 0.5) is 13.2 Å². The zero-order valence-corrected chi connectivity index (χ0v) is 13.3. The fraction of sp³-hybridized carbons (Fsp3) is 0.333. The number of carbonyl (C=O) groups excluding carboxylic acids is 1. The number of rotatable bonds is 4. The minimum atomic E-state index is -4.56. The fourth-order valence-electron chi connectivity index (χ4n) is 2.68. The predicted molar refractivity (Wildman–Crippen MR) is 85.3 cm³/mol. The summed E-state index contributed by atoms with van der Waals surface area (Å²) < 4.78 is 43.7. The van der Waals surface area contributed by atoms with Gasteiger partial charge in [0.25, 0.3) is 0 Å². The molecule has 0 radical (unpaired) electrons. The molecule has 2 aromatic rings. The maximum Gasteiger partial charge on any atom is 0.433 e. The molecular weight excluding hydrogens is 333 g/mol. The quantitative estimate of drug-likeness (QED) is 0.861. The Morgan fingerprint density at radius 2 is 2.00 bits per heavy atom. The van der Waals surface area contributed by atoms with Gasteiger partial charge in [-0.05, 0) is 23.3 Å². The lowest BCUT2D eigenvalue weighted by atomic mass is 10.0. The lowest BCUT2D eigenvalue weighted by molar-refractivity contribution is -0.141. The third kappa shape index (κ3) is 4.43. The first-order valence-corrected chi connectivity index (χ1v) is 7.91. The molecule has 0 amide bonds. The van der Waals surface area contributed by atoms with Crippen LogP contribution in [0.3, 0.4) is 0 Å². The zero-order chi connectivity index (χ0) is 17.9. The van der Waals surface area contributed by atoms with E-state index in [0.29, 0.717) is 6.61 Å². The molecule has 4 nitrogen and oxygen atoms in total. The summed E-state index contributed by atoms with van der Waals surface area (Å²) in [5, 5.41) is 3.24. The Labute approximate surface area is 143 Å². The highest BCUT2D eigenvalue weighted by atomic mass is 19.4. The normalized spacial score (nSPS) is 18.1. The summed E-state index contributed by atoms with van der Waals surface area (Å²) in [6.07, 6.45) is -3.54. The van der Waals surface area contributed by atoms with Crippen molar-refractivity contribution in [3.63, 3.8) is 0 Å². The molecule has 2 heterocycles. The van der Waals surface area contributed by atoms with E-state index < -0.39 is 11.9 Å². The summed E-state index contributed by atoms with van der Waals surface area (Å²) in [5.41, 5.74) is 0.691. The maximum absolute atomic E-state index is 12.7. The number of ketones is 1. The summed E-state index contributed by atoms with van der Waals surface area (Å²) in [5.74, 6) is -0.378. The molecule has 25 heavy (non-hydrogen) atoms. The van der Waals surface area contributed by atoms with Crippen molar-refractivity contribution < 1.29 is 22.7 Å². The molecule has 1 unspecified atom stereocenters. The van der Waals surface area contributed by atoms with E-state index in [9.17, 15) is 18.0 Å². The molecule has 0 bridgehead atoms. The first-order chi connectivity index (χ1) is 11.9. The standard InChI is InChI=1S/C18H17F3N2O2/c19-18(20,21)17-10-14(5-6-23-17)15(24)9-12-1-3-13(4-2-12)16-11-22-7-8-25-16/h1-6,10,16,22H,7-9,11H2. The minimum Gasteiger partial charge on any atom is -0.371 e. The maximum atomic E-state index is 12.7. The van der Waals surface area contributed by atoms with Gasteiger partial charge in [-0.25, -0.2) is 0 Å². The van der Waals surface area contributed by atoms with E-state index >= 15 is 0 Å². The number of nitrogens with one attached hydrogen (secondary N) is 1. The SMILES string of the molecule is O=C(Cc1ccc(C2CNCCO2)cc1)c1ccnc(C(F)(F)F)c1. The van der Waals surface area contributed by atoms with Crippen molar-refractivity contribution in [2.24, 2.45) is 0 Å². The number of nitrogens with zero attached hydrogens (tertiary/aromatic N) is 1. The molecule has 1 fully saturated rings. The molecule has 1 aliphatic heterocycles. The van der Waals surface area contributed by atoms with E-state index in [-0.39, 0.29) is 23.9 Å². The van der Waals surface area contributed by atoms with Crippen LogP contribution < -0.4 is 5.32 Å². The van der Waals surface area contributed by atoms with Crippen molar-refractivity contribution in [1.82, 2.24) is 10.3 Å². The van der Waals surface area contributed by atoms with Gasteiger partial charge in [-0.1, -0.05) is 24.3 Å². The number of Topliss-reactive ketones (excluding diaryl/α,β-unsaturated/α-hetero) is 1. The Hall–Kier alpha value is -2.25. The van der Waals surface area contributed by atoms with Crippen molar-refractivity contribution in [2.75, 3.05) is 19.7 Å². The number of halogens is 3. The summed E-state index contributed by atoms with van der Waals surface area (Å²) in [7, 11) is 0. The first kappa shape index (κ1) is 17.6. The van der Waals surface area contributed by atoms with E-state index in [1.165, 1.54) is 6.07 Å². The number of hydrogen-bond donors (Lipinski definition) is 1. The summed E-state index contributed by atoms with van der Waals surface area (Å²) >= 11 is 0. The topological polar surface area (TPSA) is 51.2 Å². The average Bonchev–Trinajstić information content (AvgIpc) is 2.62. The molecule has 1 aliphatic rings. The molecule has 7 heteroatoms. The van der Waals surface area contributed by atoms with Crippen molar-refractivity contribution in [3.05, 3.63) is 65.0 Å². The molecular formula is C18H17F3N2O2. The van der Waals surface area contributed by atoms with Gasteiger partial charge >= 0.3 is 6.18 Å². The van der Waals surface area contributed by atoms with Gasteiger partial charge in [0.1, 0.15) is 5.69 Å². The van der Waals surface area contributed by atoms with Gasteiger partial charge in [-0.3, -0.25) is 9.78 Å². The average molecular weight is 350 g/mol. The molecule has 1 aromatic heterocycles. The Bertz CT molecular complexity index is 739. The van der Waals surface area contributed by atoms with Gasteiger partial charge in [0.15, 0.2) is 5.78 Å². The summed E-state index contributed by atoms with van der Waals surface area (Å²) in [4.78, 5) is 15.5. The van der Waals surface area contributed by atoms with Crippen molar-refractivity contribution >= 4 is 5.78 Å². The Morgan fingerprint density at radius 3 is 2.64 bits per heavy atom. The van der Waals surface area contributed by atoms with Gasteiger partial charge in [-0.2, -0.15) is 13.2 Å². The van der Waals surface area contributed by atoms with Crippen LogP contribution in [0.25, 0.3) is 0 Å². The van der Waals surface area contributed by atoms with Crippen LogP contribution in [0, 0.1) is 0 Å². The lowest BCUT2D eigenvalue weighted by Gasteiger charge is -2.24. The summed E-state index contributed by atoms with van der Waals surface area (Å²) in [6.45, 7) is 2.21. The molecule has 0 saturated carbocycles. The molecule has 1 N–H and O–H groups in total. The Kier molecular flexibility index (Phi) is 5.15. The molecule has 132 valence electrons. The smallest absolute Gasteiger partial charge is 0.371 e. The van der Waals surface area contributed by atoms with Gasteiger partial charge in [0.05, 0.1) is 12.7 Å². The predicted octanol–water partition coefficient (Wildman–Crippen LogP) is 3.19. The number of alkyl halides is 3. The number of benzene rings is 1. The zero-order valence-electron chi connectivity index (χ0n) is 13.3. The lowest BCUT2D eigenvalue weighted by Crippen LogP contribution is -2.33. The van der Waals surface area contributed by atoms with E-state index in [4.69, 9.17) is 4.74 Å². The number of pyridine rings is 1. The van der Waals surface area contributed by atoms with Crippen molar-refractivity contribution in [3.8, 4) is 0 Å². The van der Waals surface area contributed by atoms with E-state index in [1.807, 2.05) is 12.1 Å². The summed E-state index contributed by atoms with van der Waals surface area (Å²) in [6, 6.07) is 9.46. The number of morpholine rings is 1. The fourth-order valence-corrected chi connectivity index (χ4v) is 2.68. The third-order valence-electron chi connectivity index (χ3n) is 4.02. The van der Waals surface area contributed by atoms with Crippen LogP contribution in [-0.2, 0) is 17.3 Å². The first-order valence-electron chi connectivity index (χ1n) is 7.91. The monoisotopic (exact) mass is 350 g/mol. The Balaban J connectivity index is 1.68. The second kappa shape index (κ2) is 7.33. The molecule has 0 spiro atoms. The van der Waals surface area contributed by atoms with Crippen LogP contribution in [0.15, 0.2) is 42.6 Å². The number of ether oxygens (including phenoxy) is 1. The van der Waals surface area contributed by atoms with Gasteiger partial charge in [0, 0.05) is 31.3 Å². The highest BCUT2D eigenvalue weighted by Gasteiger charge is 2.32. The van der Waals surface area contributed by atoms with E-state index in [0.717, 1.165) is 36.5 Å². The number of hydrogen-bond acceptors (Lipinski definition) is 4. The van der Waals surface area contributed by atoms with Crippen LogP contribution in [-0.4, -0.2) is 30.5 Å². The van der Waals surface area contributed by atoms with Gasteiger partial charge in [-0.15, -0.1) is 0 Å². The van der Waals surface area contributed by atoms with Gasteiger partial charge in [0.2, 0.25) is 0 Å². The molecule has 1 saturated heterocycles. The third-order valence-corrected chi connectivity index (χ3v) is 4.02. The van der Waals surface area contributed by atoms with E-state index in [2.05, 4.69) is 10.3 Å². The van der Waals surface area contributed by atoms with Crippen LogP contribution >= 0.6 is 0 Å². The second-order valence-corrected chi connectivity index (χ2v) is 5.83. The highest BCUT2D eigenvalue weighted by Crippen LogP contribution is 2.28. The van der Waals surface area contributed by atoms with Gasteiger partial charge < -0.3 is 10.1 Å².